The highest BCUT2D eigenvalue weighted by Crippen LogP contribution is 2.05. The number of rotatable bonds is 5. The molecule has 126 valence electrons. The first-order valence-corrected chi connectivity index (χ1v) is 8.06. The molecule has 3 amide bonds. The summed E-state index contributed by atoms with van der Waals surface area (Å²) in [6.07, 6.45) is 4.56. The van der Waals surface area contributed by atoms with Crippen molar-refractivity contribution in [3.63, 3.8) is 0 Å². The number of carbonyl (C=O) groups is 2. The zero-order valence-electron chi connectivity index (χ0n) is 13.4. The third-order valence-electron chi connectivity index (χ3n) is 4.01. The van der Waals surface area contributed by atoms with Crippen molar-refractivity contribution in [1.29, 1.82) is 0 Å². The Hall–Kier alpha value is -2.83. The Balaban J connectivity index is 1.52. The molecule has 7 nitrogen and oxygen atoms in total. The van der Waals surface area contributed by atoms with Crippen LogP contribution in [0.4, 0.5) is 4.79 Å². The van der Waals surface area contributed by atoms with Crippen LogP contribution in [-0.2, 0) is 24.3 Å². The van der Waals surface area contributed by atoms with Crippen LogP contribution in [-0.4, -0.2) is 46.0 Å². The van der Waals surface area contributed by atoms with Crippen molar-refractivity contribution in [2.24, 2.45) is 0 Å². The Morgan fingerprint density at radius 2 is 2.12 bits per heavy atom. The SMILES string of the molecule is O=C1CN(C(=O)NCc2nccn2CCc2ccccc2)CCN1. The van der Waals surface area contributed by atoms with Crippen molar-refractivity contribution in [2.45, 2.75) is 19.5 Å². The Kier molecular flexibility index (Phi) is 5.10. The van der Waals surface area contributed by atoms with E-state index in [9.17, 15) is 9.59 Å². The van der Waals surface area contributed by atoms with E-state index in [-0.39, 0.29) is 18.5 Å². The van der Waals surface area contributed by atoms with E-state index in [2.05, 4.69) is 27.8 Å². The molecule has 0 aliphatic carbocycles. The highest BCUT2D eigenvalue weighted by Gasteiger charge is 2.20. The molecule has 0 bridgehead atoms. The first kappa shape index (κ1) is 16.0. The van der Waals surface area contributed by atoms with Gasteiger partial charge in [0.15, 0.2) is 0 Å². The van der Waals surface area contributed by atoms with Crippen molar-refractivity contribution in [2.75, 3.05) is 19.6 Å². The van der Waals surface area contributed by atoms with Crippen LogP contribution < -0.4 is 10.6 Å². The van der Waals surface area contributed by atoms with E-state index in [0.29, 0.717) is 19.6 Å². The molecule has 24 heavy (non-hydrogen) atoms. The van der Waals surface area contributed by atoms with Crippen molar-refractivity contribution < 1.29 is 9.59 Å². The molecule has 2 N–H and O–H groups in total. The number of urea groups is 1. The topological polar surface area (TPSA) is 79.3 Å². The van der Waals surface area contributed by atoms with Gasteiger partial charge in [0.05, 0.1) is 6.54 Å². The normalized spacial score (nSPS) is 14.3. The Morgan fingerprint density at radius 3 is 2.92 bits per heavy atom. The number of amides is 3. The van der Waals surface area contributed by atoms with Crippen LogP contribution in [0.3, 0.4) is 0 Å². The predicted molar refractivity (Wildman–Crippen MR) is 89.2 cm³/mol. The van der Waals surface area contributed by atoms with Crippen LogP contribution in [0.15, 0.2) is 42.7 Å². The average Bonchev–Trinajstić information content (AvgIpc) is 3.06. The van der Waals surface area contributed by atoms with E-state index < -0.39 is 0 Å². The molecule has 1 aromatic carbocycles. The van der Waals surface area contributed by atoms with Gasteiger partial charge < -0.3 is 20.1 Å². The van der Waals surface area contributed by atoms with Crippen LogP contribution in [0.1, 0.15) is 11.4 Å². The van der Waals surface area contributed by atoms with Gasteiger partial charge in [-0.1, -0.05) is 30.3 Å². The molecule has 7 heteroatoms. The largest absolute Gasteiger partial charge is 0.353 e. The lowest BCUT2D eigenvalue weighted by atomic mass is 10.1. The molecule has 2 aromatic rings. The number of hydrogen-bond donors (Lipinski definition) is 2. The van der Waals surface area contributed by atoms with Gasteiger partial charge >= 0.3 is 6.03 Å². The van der Waals surface area contributed by atoms with Gasteiger partial charge in [0.1, 0.15) is 12.4 Å². The summed E-state index contributed by atoms with van der Waals surface area (Å²) in [5, 5.41) is 5.54. The highest BCUT2D eigenvalue weighted by atomic mass is 16.2. The number of benzene rings is 1. The minimum Gasteiger partial charge on any atom is -0.353 e. The summed E-state index contributed by atoms with van der Waals surface area (Å²) >= 11 is 0. The van der Waals surface area contributed by atoms with Crippen LogP contribution in [0.5, 0.6) is 0 Å². The second-order valence-electron chi connectivity index (χ2n) is 5.70. The first-order valence-electron chi connectivity index (χ1n) is 8.06. The number of carbonyl (C=O) groups excluding carboxylic acids is 2. The third kappa shape index (κ3) is 4.13. The van der Waals surface area contributed by atoms with Crippen LogP contribution in [0.2, 0.25) is 0 Å². The molecule has 0 unspecified atom stereocenters. The van der Waals surface area contributed by atoms with Crippen LogP contribution >= 0.6 is 0 Å². The van der Waals surface area contributed by atoms with Crippen LogP contribution in [0.25, 0.3) is 0 Å². The number of imidazole rings is 1. The maximum atomic E-state index is 12.1. The number of nitrogens with zero attached hydrogens (tertiary/aromatic N) is 3. The first-order chi connectivity index (χ1) is 11.7. The zero-order chi connectivity index (χ0) is 16.8. The van der Waals surface area contributed by atoms with Gasteiger partial charge in [-0.15, -0.1) is 0 Å². The fourth-order valence-corrected chi connectivity index (χ4v) is 2.68. The fourth-order valence-electron chi connectivity index (χ4n) is 2.68. The molecular formula is C17H21N5O2. The van der Waals surface area contributed by atoms with E-state index in [0.717, 1.165) is 18.8 Å². The third-order valence-corrected chi connectivity index (χ3v) is 4.01. The monoisotopic (exact) mass is 327 g/mol. The van der Waals surface area contributed by atoms with E-state index in [4.69, 9.17) is 0 Å². The maximum absolute atomic E-state index is 12.1. The molecule has 1 fully saturated rings. The van der Waals surface area contributed by atoms with Crippen molar-refractivity contribution in [3.05, 3.63) is 54.1 Å². The summed E-state index contributed by atoms with van der Waals surface area (Å²) < 4.78 is 2.04. The Labute approximate surface area is 140 Å². The van der Waals surface area contributed by atoms with Crippen LogP contribution in [0, 0.1) is 0 Å². The van der Waals surface area contributed by atoms with E-state index >= 15 is 0 Å². The molecule has 1 aliphatic rings. The molecule has 1 aromatic heterocycles. The lowest BCUT2D eigenvalue weighted by Crippen LogP contribution is -2.52. The number of nitrogens with one attached hydrogen (secondary N) is 2. The maximum Gasteiger partial charge on any atom is 0.318 e. The van der Waals surface area contributed by atoms with E-state index in [1.54, 1.807) is 6.20 Å². The molecular weight excluding hydrogens is 306 g/mol. The second-order valence-corrected chi connectivity index (χ2v) is 5.70. The minimum absolute atomic E-state index is 0.105. The molecule has 0 atom stereocenters. The standard InChI is InChI=1S/C17H21N5O2/c23-16-13-22(11-8-19-16)17(24)20-12-15-18-7-10-21(15)9-6-14-4-2-1-3-5-14/h1-5,7,10H,6,8-9,11-13H2,(H,19,23)(H,20,24). The summed E-state index contributed by atoms with van der Waals surface area (Å²) in [5.74, 6) is 0.682. The lowest BCUT2D eigenvalue weighted by Gasteiger charge is -2.26. The van der Waals surface area contributed by atoms with Crippen molar-refractivity contribution >= 4 is 11.9 Å². The van der Waals surface area contributed by atoms with Crippen molar-refractivity contribution in [1.82, 2.24) is 25.1 Å². The molecule has 0 saturated carbocycles. The highest BCUT2D eigenvalue weighted by molar-refractivity contribution is 5.85. The molecule has 1 saturated heterocycles. The van der Waals surface area contributed by atoms with E-state index in [1.165, 1.54) is 10.5 Å². The number of aryl methyl sites for hydroxylation is 2. The summed E-state index contributed by atoms with van der Waals surface area (Å²) in [6.45, 7) is 2.28. The van der Waals surface area contributed by atoms with Crippen molar-refractivity contribution in [3.8, 4) is 0 Å². The number of piperazine rings is 1. The second kappa shape index (κ2) is 7.63. The smallest absolute Gasteiger partial charge is 0.318 e. The van der Waals surface area contributed by atoms with Gasteiger partial charge in [-0.25, -0.2) is 9.78 Å². The quantitative estimate of drug-likeness (QED) is 0.851. The Morgan fingerprint density at radius 1 is 1.29 bits per heavy atom. The lowest BCUT2D eigenvalue weighted by molar-refractivity contribution is -0.123. The predicted octanol–water partition coefficient (Wildman–Crippen LogP) is 0.767. The average molecular weight is 327 g/mol. The van der Waals surface area contributed by atoms with Gasteiger partial charge in [-0.3, -0.25) is 4.79 Å². The number of hydrogen-bond acceptors (Lipinski definition) is 3. The van der Waals surface area contributed by atoms with Gasteiger partial charge in [0, 0.05) is 32.0 Å². The molecule has 3 rings (SSSR count). The fraction of sp³-hybridized carbons (Fsp3) is 0.353. The number of aromatic nitrogens is 2. The van der Waals surface area contributed by atoms with Gasteiger partial charge in [-0.05, 0) is 12.0 Å². The summed E-state index contributed by atoms with van der Waals surface area (Å²) in [4.78, 5) is 29.3. The summed E-state index contributed by atoms with van der Waals surface area (Å²) in [5.41, 5.74) is 1.26. The summed E-state index contributed by atoms with van der Waals surface area (Å²) in [7, 11) is 0. The van der Waals surface area contributed by atoms with Gasteiger partial charge in [0.25, 0.3) is 0 Å². The Bertz CT molecular complexity index is 698. The summed E-state index contributed by atoms with van der Waals surface area (Å²) in [6, 6.07) is 10.0. The van der Waals surface area contributed by atoms with Gasteiger partial charge in [-0.2, -0.15) is 0 Å². The molecule has 1 aliphatic heterocycles. The van der Waals surface area contributed by atoms with E-state index in [1.807, 2.05) is 29.0 Å². The van der Waals surface area contributed by atoms with Gasteiger partial charge in [0.2, 0.25) is 5.91 Å². The zero-order valence-corrected chi connectivity index (χ0v) is 13.4. The molecule has 2 heterocycles. The molecule has 0 radical (unpaired) electrons. The molecule has 0 spiro atoms. The minimum atomic E-state index is -0.234.